The monoisotopic (exact) mass is 170 g/mol. The van der Waals surface area contributed by atoms with Gasteiger partial charge in [-0.25, -0.2) is 0 Å². The Kier molecular flexibility index (Phi) is 5.35. The second kappa shape index (κ2) is 6.16. The highest BCUT2D eigenvalue weighted by atomic mass is 16.5. The van der Waals surface area contributed by atoms with E-state index in [2.05, 4.69) is 10.1 Å². The number of carbonyl (C=O) groups is 2. The van der Waals surface area contributed by atoms with Gasteiger partial charge >= 0.3 is 5.97 Å². The Morgan fingerprint density at radius 3 is 2.75 bits per heavy atom. The van der Waals surface area contributed by atoms with Gasteiger partial charge in [-0.2, -0.15) is 5.26 Å². The lowest BCUT2D eigenvalue weighted by Crippen LogP contribution is -2.30. The first kappa shape index (κ1) is 10.4. The van der Waals surface area contributed by atoms with Gasteiger partial charge in [0.1, 0.15) is 13.0 Å². The standard InChI is InChI=1S/C7H10N2O3/c1-2-12-7(11)5-9-6(10)3-4-8/h2-3,5H2,1H3,(H,9,10). The summed E-state index contributed by atoms with van der Waals surface area (Å²) in [6, 6.07) is 1.66. The highest BCUT2D eigenvalue weighted by molar-refractivity contribution is 5.82. The maximum atomic E-state index is 10.6. The second-order valence-corrected chi connectivity index (χ2v) is 1.92. The molecule has 66 valence electrons. The smallest absolute Gasteiger partial charge is 0.325 e. The van der Waals surface area contributed by atoms with Gasteiger partial charge in [-0.3, -0.25) is 9.59 Å². The largest absolute Gasteiger partial charge is 0.465 e. The van der Waals surface area contributed by atoms with E-state index in [0.717, 1.165) is 0 Å². The summed E-state index contributed by atoms with van der Waals surface area (Å²) in [5.74, 6) is -0.964. The van der Waals surface area contributed by atoms with Gasteiger partial charge in [0.05, 0.1) is 12.7 Å². The van der Waals surface area contributed by atoms with Crippen LogP contribution in [0.4, 0.5) is 0 Å². The number of ether oxygens (including phenoxy) is 1. The van der Waals surface area contributed by atoms with Crippen molar-refractivity contribution in [2.45, 2.75) is 13.3 Å². The fourth-order valence-electron chi connectivity index (χ4n) is 0.517. The van der Waals surface area contributed by atoms with Gasteiger partial charge in [-0.05, 0) is 6.92 Å². The minimum atomic E-state index is -0.496. The molecule has 0 radical (unpaired) electrons. The molecule has 1 N–H and O–H groups in total. The molecule has 0 spiro atoms. The third kappa shape index (κ3) is 5.23. The minimum absolute atomic E-state index is 0.172. The highest BCUT2D eigenvalue weighted by Gasteiger charge is 2.04. The molecular weight excluding hydrogens is 160 g/mol. The number of rotatable bonds is 4. The van der Waals surface area contributed by atoms with E-state index in [1.54, 1.807) is 13.0 Å². The van der Waals surface area contributed by atoms with Crippen molar-refractivity contribution in [2.75, 3.05) is 13.2 Å². The van der Waals surface area contributed by atoms with E-state index in [9.17, 15) is 9.59 Å². The topological polar surface area (TPSA) is 79.2 Å². The molecule has 0 aliphatic rings. The zero-order valence-corrected chi connectivity index (χ0v) is 6.79. The van der Waals surface area contributed by atoms with Crippen LogP contribution in [0, 0.1) is 11.3 Å². The summed E-state index contributed by atoms with van der Waals surface area (Å²) in [5, 5.41) is 10.3. The number of nitriles is 1. The molecule has 0 rings (SSSR count). The average Bonchev–Trinajstić information content (AvgIpc) is 2.02. The SMILES string of the molecule is CCOC(=O)CNC(=O)CC#N. The van der Waals surface area contributed by atoms with Crippen molar-refractivity contribution in [3.05, 3.63) is 0 Å². The molecule has 5 heteroatoms. The molecule has 0 aromatic carbocycles. The Hall–Kier alpha value is -1.57. The lowest BCUT2D eigenvalue weighted by atomic mass is 10.4. The molecule has 0 aliphatic heterocycles. The number of esters is 1. The van der Waals surface area contributed by atoms with Gasteiger partial charge in [-0.1, -0.05) is 0 Å². The van der Waals surface area contributed by atoms with Gasteiger partial charge in [0.15, 0.2) is 0 Å². The molecule has 1 amide bonds. The van der Waals surface area contributed by atoms with Crippen LogP contribution in [0.15, 0.2) is 0 Å². The summed E-state index contributed by atoms with van der Waals surface area (Å²) in [6.45, 7) is 1.79. The van der Waals surface area contributed by atoms with Crippen LogP contribution >= 0.6 is 0 Å². The predicted molar refractivity (Wildman–Crippen MR) is 39.9 cm³/mol. The molecule has 0 aromatic rings. The molecule has 0 fully saturated rings. The summed E-state index contributed by atoms with van der Waals surface area (Å²) in [5.41, 5.74) is 0. The molecule has 0 atom stereocenters. The Labute approximate surface area is 70.3 Å². The molecular formula is C7H10N2O3. The maximum Gasteiger partial charge on any atom is 0.325 e. The Balaban J connectivity index is 3.48. The van der Waals surface area contributed by atoms with Crippen LogP contribution in [0.3, 0.4) is 0 Å². The van der Waals surface area contributed by atoms with Gasteiger partial charge < -0.3 is 10.1 Å². The lowest BCUT2D eigenvalue weighted by molar-refractivity contribution is -0.143. The van der Waals surface area contributed by atoms with Crippen LogP contribution in [0.1, 0.15) is 13.3 Å². The zero-order chi connectivity index (χ0) is 9.40. The molecule has 0 aromatic heterocycles. The Morgan fingerprint density at radius 2 is 2.25 bits per heavy atom. The van der Waals surface area contributed by atoms with E-state index in [-0.39, 0.29) is 19.6 Å². The van der Waals surface area contributed by atoms with E-state index >= 15 is 0 Å². The summed E-state index contributed by atoms with van der Waals surface area (Å²) >= 11 is 0. The first-order valence-electron chi connectivity index (χ1n) is 3.50. The van der Waals surface area contributed by atoms with Crippen LogP contribution in [0.2, 0.25) is 0 Å². The van der Waals surface area contributed by atoms with Crippen molar-refractivity contribution in [3.8, 4) is 6.07 Å². The van der Waals surface area contributed by atoms with Crippen molar-refractivity contribution in [3.63, 3.8) is 0 Å². The molecule has 0 saturated carbocycles. The quantitative estimate of drug-likeness (QED) is 0.581. The Morgan fingerprint density at radius 1 is 1.58 bits per heavy atom. The second-order valence-electron chi connectivity index (χ2n) is 1.92. The van der Waals surface area contributed by atoms with Gasteiger partial charge in [0.2, 0.25) is 5.91 Å². The normalized spacial score (nSPS) is 8.33. The van der Waals surface area contributed by atoms with Crippen LogP contribution in [0.5, 0.6) is 0 Å². The summed E-state index contributed by atoms with van der Waals surface area (Å²) in [4.78, 5) is 21.2. The minimum Gasteiger partial charge on any atom is -0.465 e. The van der Waals surface area contributed by atoms with Crippen molar-refractivity contribution < 1.29 is 14.3 Å². The molecule has 0 aliphatic carbocycles. The number of amides is 1. The van der Waals surface area contributed by atoms with Crippen LogP contribution in [-0.4, -0.2) is 25.0 Å². The van der Waals surface area contributed by atoms with Gasteiger partial charge in [-0.15, -0.1) is 0 Å². The van der Waals surface area contributed by atoms with E-state index < -0.39 is 11.9 Å². The highest BCUT2D eigenvalue weighted by Crippen LogP contribution is 1.78. The average molecular weight is 170 g/mol. The fourth-order valence-corrected chi connectivity index (χ4v) is 0.517. The van der Waals surface area contributed by atoms with Crippen molar-refractivity contribution in [1.29, 1.82) is 5.26 Å². The Bertz CT molecular complexity index is 207. The van der Waals surface area contributed by atoms with E-state index in [4.69, 9.17) is 5.26 Å². The first-order chi connectivity index (χ1) is 5.70. The van der Waals surface area contributed by atoms with E-state index in [0.29, 0.717) is 0 Å². The summed E-state index contributed by atoms with van der Waals surface area (Å²) in [7, 11) is 0. The third-order valence-electron chi connectivity index (χ3n) is 0.975. The zero-order valence-electron chi connectivity index (χ0n) is 6.79. The molecule has 0 saturated heterocycles. The van der Waals surface area contributed by atoms with Gasteiger partial charge in [0, 0.05) is 0 Å². The molecule has 5 nitrogen and oxygen atoms in total. The van der Waals surface area contributed by atoms with Gasteiger partial charge in [0.25, 0.3) is 0 Å². The number of nitrogens with one attached hydrogen (secondary N) is 1. The van der Waals surface area contributed by atoms with Crippen LogP contribution < -0.4 is 5.32 Å². The molecule has 12 heavy (non-hydrogen) atoms. The third-order valence-corrected chi connectivity index (χ3v) is 0.975. The fraction of sp³-hybridized carbons (Fsp3) is 0.571. The maximum absolute atomic E-state index is 10.6. The lowest BCUT2D eigenvalue weighted by Gasteiger charge is -2.01. The summed E-state index contributed by atoms with van der Waals surface area (Å²) in [6.07, 6.45) is -0.237. The number of hydrogen-bond donors (Lipinski definition) is 1. The van der Waals surface area contributed by atoms with E-state index in [1.165, 1.54) is 0 Å². The predicted octanol–water partition coefficient (Wildman–Crippen LogP) is -0.421. The van der Waals surface area contributed by atoms with E-state index in [1.807, 2.05) is 0 Å². The van der Waals surface area contributed by atoms with Crippen LogP contribution in [-0.2, 0) is 14.3 Å². The van der Waals surface area contributed by atoms with Crippen molar-refractivity contribution in [1.82, 2.24) is 5.32 Å². The number of hydrogen-bond acceptors (Lipinski definition) is 4. The van der Waals surface area contributed by atoms with Crippen molar-refractivity contribution >= 4 is 11.9 Å². The number of nitrogens with zero attached hydrogens (tertiary/aromatic N) is 1. The van der Waals surface area contributed by atoms with Crippen molar-refractivity contribution in [2.24, 2.45) is 0 Å². The first-order valence-corrected chi connectivity index (χ1v) is 3.50. The molecule has 0 unspecified atom stereocenters. The summed E-state index contributed by atoms with van der Waals surface area (Å²) < 4.78 is 4.53. The number of carbonyl (C=O) groups excluding carboxylic acids is 2. The molecule has 0 heterocycles. The van der Waals surface area contributed by atoms with Crippen LogP contribution in [0.25, 0.3) is 0 Å². The molecule has 0 bridgehead atoms.